The molecule has 1 heterocycles. The van der Waals surface area contributed by atoms with Crippen LogP contribution in [0.2, 0.25) is 0 Å². The van der Waals surface area contributed by atoms with E-state index >= 15 is 0 Å². The summed E-state index contributed by atoms with van der Waals surface area (Å²) in [6, 6.07) is 0. The Labute approximate surface area is 51.8 Å². The van der Waals surface area contributed by atoms with E-state index < -0.39 is 0 Å². The topological polar surface area (TPSA) is 26.3 Å². The zero-order chi connectivity index (χ0) is 5.11. The SMILES string of the molecule is O=C1C=C[I-]CO1. The van der Waals surface area contributed by atoms with Crippen LogP contribution in [0.15, 0.2) is 10.2 Å². The summed E-state index contributed by atoms with van der Waals surface area (Å²) in [7, 11) is 0. The fraction of sp³-hybridized carbons (Fsp3) is 0.250. The molecule has 0 aliphatic carbocycles. The minimum atomic E-state index is -0.189. The van der Waals surface area contributed by atoms with E-state index in [1.807, 2.05) is 4.08 Å². The summed E-state index contributed by atoms with van der Waals surface area (Å²) in [6.07, 6.45) is 1.50. The molecule has 0 fully saturated rings. The third-order valence-corrected chi connectivity index (χ3v) is 2.09. The molecule has 0 aromatic heterocycles. The molecule has 0 aromatic carbocycles. The van der Waals surface area contributed by atoms with Crippen LogP contribution in [-0.2, 0) is 9.53 Å². The molecule has 1 aliphatic rings. The maximum absolute atomic E-state index is 10.2. The Morgan fingerprint density at radius 3 is 3.00 bits per heavy atom. The van der Waals surface area contributed by atoms with Crippen LogP contribution < -0.4 is 21.2 Å². The van der Waals surface area contributed by atoms with Crippen LogP contribution in [0.4, 0.5) is 0 Å². The van der Waals surface area contributed by atoms with Gasteiger partial charge in [0.25, 0.3) is 0 Å². The molecule has 0 N–H and O–H groups in total. The Bertz CT molecular complexity index is 108. The first-order valence-electron chi connectivity index (χ1n) is 1.80. The molecule has 2 nitrogen and oxygen atoms in total. The van der Waals surface area contributed by atoms with Crippen molar-refractivity contribution in [3.63, 3.8) is 0 Å². The van der Waals surface area contributed by atoms with Crippen LogP contribution in [0.5, 0.6) is 0 Å². The second-order valence-electron chi connectivity index (χ2n) is 1.02. The average Bonchev–Trinajstić information content (AvgIpc) is 1.69. The number of ether oxygens (including phenoxy) is 1. The number of rotatable bonds is 0. The van der Waals surface area contributed by atoms with E-state index in [-0.39, 0.29) is 27.2 Å². The summed E-state index contributed by atoms with van der Waals surface area (Å²) >= 11 is 0.0639. The van der Waals surface area contributed by atoms with Gasteiger partial charge in [0.2, 0.25) is 0 Å². The zero-order valence-corrected chi connectivity index (χ0v) is 5.71. The number of esters is 1. The number of cyclic esters (lactones) is 1. The molecule has 0 saturated carbocycles. The standard InChI is InChI=1S/C4H4IO2/c6-4-1-2-5-3-7-4/h1-2H,3H2/q-1. The molecule has 40 valence electrons. The van der Waals surface area contributed by atoms with Gasteiger partial charge < -0.3 is 0 Å². The minimum absolute atomic E-state index is 0.0639. The monoisotopic (exact) mass is 211 g/mol. The number of alkyl halides is 1. The Balaban J connectivity index is 2.51. The van der Waals surface area contributed by atoms with Crippen molar-refractivity contribution in [3.05, 3.63) is 10.2 Å². The van der Waals surface area contributed by atoms with Gasteiger partial charge in [0.05, 0.1) is 0 Å². The van der Waals surface area contributed by atoms with Crippen molar-refractivity contribution in [2.75, 3.05) is 4.61 Å². The van der Waals surface area contributed by atoms with Crippen LogP contribution in [0.25, 0.3) is 0 Å². The van der Waals surface area contributed by atoms with Gasteiger partial charge in [0.15, 0.2) is 0 Å². The van der Waals surface area contributed by atoms with Crippen molar-refractivity contribution >= 4 is 5.97 Å². The van der Waals surface area contributed by atoms with Crippen molar-refractivity contribution in [3.8, 4) is 0 Å². The molecule has 1 aliphatic heterocycles. The van der Waals surface area contributed by atoms with E-state index in [9.17, 15) is 4.79 Å². The predicted molar refractivity (Wildman–Crippen MR) is 20.1 cm³/mol. The summed E-state index contributed by atoms with van der Waals surface area (Å²) in [5.41, 5.74) is 0. The van der Waals surface area contributed by atoms with E-state index in [0.29, 0.717) is 4.61 Å². The van der Waals surface area contributed by atoms with E-state index in [2.05, 4.69) is 4.74 Å². The van der Waals surface area contributed by atoms with Gasteiger partial charge >= 0.3 is 51.5 Å². The molecule has 0 aromatic rings. The molecule has 0 unspecified atom stereocenters. The van der Waals surface area contributed by atoms with Crippen LogP contribution >= 0.6 is 0 Å². The molecular formula is C4H4IO2-. The van der Waals surface area contributed by atoms with Gasteiger partial charge in [-0.25, -0.2) is 0 Å². The Morgan fingerprint density at radius 2 is 2.71 bits per heavy atom. The van der Waals surface area contributed by atoms with Gasteiger partial charge in [0.1, 0.15) is 0 Å². The Kier molecular flexibility index (Phi) is 1.67. The second kappa shape index (κ2) is 2.30. The van der Waals surface area contributed by atoms with Crippen molar-refractivity contribution in [2.24, 2.45) is 0 Å². The molecule has 0 spiro atoms. The van der Waals surface area contributed by atoms with Gasteiger partial charge in [0, 0.05) is 0 Å². The summed E-state index contributed by atoms with van der Waals surface area (Å²) in [5, 5.41) is 0. The van der Waals surface area contributed by atoms with Gasteiger partial charge in [-0.1, -0.05) is 0 Å². The third-order valence-electron chi connectivity index (χ3n) is 0.548. The molecule has 0 bridgehead atoms. The zero-order valence-electron chi connectivity index (χ0n) is 3.56. The third kappa shape index (κ3) is 1.46. The van der Waals surface area contributed by atoms with Crippen LogP contribution in [0.1, 0.15) is 0 Å². The summed E-state index contributed by atoms with van der Waals surface area (Å²) in [4.78, 5) is 10.2. The molecule has 0 atom stereocenters. The molecule has 1 rings (SSSR count). The van der Waals surface area contributed by atoms with E-state index in [4.69, 9.17) is 0 Å². The summed E-state index contributed by atoms with van der Waals surface area (Å²) in [6.45, 7) is 0. The first kappa shape index (κ1) is 5.08. The quantitative estimate of drug-likeness (QED) is 0.244. The van der Waals surface area contributed by atoms with Crippen LogP contribution in [0, 0.1) is 0 Å². The fourth-order valence-corrected chi connectivity index (χ4v) is 1.51. The van der Waals surface area contributed by atoms with E-state index in [1.165, 1.54) is 6.08 Å². The van der Waals surface area contributed by atoms with Gasteiger partial charge in [-0.05, 0) is 0 Å². The number of carbonyl (C=O) groups excluding carboxylic acids is 1. The molecule has 0 amide bonds. The number of halogens is 1. The van der Waals surface area contributed by atoms with Crippen LogP contribution in [0.3, 0.4) is 0 Å². The summed E-state index contributed by atoms with van der Waals surface area (Å²) in [5.74, 6) is -0.189. The number of hydrogen-bond acceptors (Lipinski definition) is 2. The normalized spacial score (nSPS) is 20.3. The first-order chi connectivity index (χ1) is 3.39. The summed E-state index contributed by atoms with van der Waals surface area (Å²) < 4.78 is 7.18. The van der Waals surface area contributed by atoms with Gasteiger partial charge in [-0.2, -0.15) is 0 Å². The van der Waals surface area contributed by atoms with Gasteiger partial charge in [-0.3, -0.25) is 0 Å². The van der Waals surface area contributed by atoms with Crippen molar-refractivity contribution in [1.29, 1.82) is 0 Å². The molecule has 3 heteroatoms. The molecule has 0 radical (unpaired) electrons. The van der Waals surface area contributed by atoms with Gasteiger partial charge in [-0.15, -0.1) is 0 Å². The van der Waals surface area contributed by atoms with E-state index in [1.54, 1.807) is 0 Å². The maximum atomic E-state index is 10.2. The first-order valence-corrected chi connectivity index (χ1v) is 4.58. The van der Waals surface area contributed by atoms with Crippen molar-refractivity contribution in [1.82, 2.24) is 0 Å². The second-order valence-corrected chi connectivity index (χ2v) is 3.24. The van der Waals surface area contributed by atoms with Crippen LogP contribution in [-0.4, -0.2) is 10.6 Å². The number of carbonyl (C=O) groups is 1. The van der Waals surface area contributed by atoms with Crippen molar-refractivity contribution < 1.29 is 30.7 Å². The van der Waals surface area contributed by atoms with E-state index in [0.717, 1.165) is 0 Å². The average molecular weight is 211 g/mol. The Morgan fingerprint density at radius 1 is 1.86 bits per heavy atom. The fourth-order valence-electron chi connectivity index (χ4n) is 0.266. The van der Waals surface area contributed by atoms with Crippen molar-refractivity contribution in [2.45, 2.75) is 0 Å². The Hall–Kier alpha value is -0.0600. The molecule has 0 saturated heterocycles. The predicted octanol–water partition coefficient (Wildman–Crippen LogP) is -2.90. The number of hydrogen-bond donors (Lipinski definition) is 0. The molecular weight excluding hydrogens is 207 g/mol. The molecule has 7 heavy (non-hydrogen) atoms.